The lowest BCUT2D eigenvalue weighted by molar-refractivity contribution is -0.385. The van der Waals surface area contributed by atoms with Crippen LogP contribution >= 0.6 is 11.8 Å². The summed E-state index contributed by atoms with van der Waals surface area (Å²) in [6.45, 7) is 7.90. The fourth-order valence-electron chi connectivity index (χ4n) is 2.55. The zero-order valence-corrected chi connectivity index (χ0v) is 17.2. The highest BCUT2D eigenvalue weighted by molar-refractivity contribution is 7.99. The van der Waals surface area contributed by atoms with Gasteiger partial charge in [-0.05, 0) is 18.4 Å². The molecular formula is C19H25N3O5S. The Kier molecular flexibility index (Phi) is 8.01. The van der Waals surface area contributed by atoms with Crippen molar-refractivity contribution in [3.63, 3.8) is 0 Å². The van der Waals surface area contributed by atoms with Crippen LogP contribution in [0.3, 0.4) is 0 Å². The highest BCUT2D eigenvalue weighted by Crippen LogP contribution is 2.35. The van der Waals surface area contributed by atoms with Crippen molar-refractivity contribution in [3.05, 3.63) is 45.9 Å². The van der Waals surface area contributed by atoms with E-state index in [0.717, 1.165) is 15.6 Å². The Morgan fingerprint density at radius 2 is 2.11 bits per heavy atom. The minimum atomic E-state index is -0.407. The number of hydrogen-bond acceptors (Lipinski definition) is 7. The molecule has 152 valence electrons. The van der Waals surface area contributed by atoms with Crippen molar-refractivity contribution < 1.29 is 19.2 Å². The fraction of sp³-hybridized carbons (Fsp3) is 0.474. The molecule has 9 heteroatoms. The first-order valence-electron chi connectivity index (χ1n) is 9.08. The normalized spacial score (nSPS) is 12.2. The van der Waals surface area contributed by atoms with Gasteiger partial charge >= 0.3 is 5.97 Å². The fourth-order valence-corrected chi connectivity index (χ4v) is 3.66. The van der Waals surface area contributed by atoms with Crippen molar-refractivity contribution >= 4 is 23.4 Å². The van der Waals surface area contributed by atoms with Gasteiger partial charge in [0.1, 0.15) is 23.6 Å². The lowest BCUT2D eigenvalue weighted by Gasteiger charge is -2.13. The first-order valence-corrected chi connectivity index (χ1v) is 9.90. The molecule has 0 saturated heterocycles. The van der Waals surface area contributed by atoms with Gasteiger partial charge < -0.3 is 14.5 Å². The summed E-state index contributed by atoms with van der Waals surface area (Å²) in [4.78, 5) is 30.2. The van der Waals surface area contributed by atoms with Gasteiger partial charge in [0.2, 0.25) is 0 Å². The average Bonchev–Trinajstić information content (AvgIpc) is 3.05. The molecule has 1 aromatic carbocycles. The SMILES string of the molecule is CCC(OCCOC(C)=O)c1nc(C(C)C)c(Sc2cccc([N+](=O)[O-])c2)[nH]1. The van der Waals surface area contributed by atoms with E-state index in [1.807, 2.05) is 26.8 Å². The Hall–Kier alpha value is -2.39. The predicted octanol–water partition coefficient (Wildman–Crippen LogP) is 4.62. The third kappa shape index (κ3) is 6.07. The van der Waals surface area contributed by atoms with Crippen LogP contribution in [0.15, 0.2) is 34.2 Å². The number of benzene rings is 1. The molecule has 0 aliphatic carbocycles. The van der Waals surface area contributed by atoms with Gasteiger partial charge in [-0.25, -0.2) is 4.98 Å². The molecule has 0 saturated carbocycles. The molecule has 0 amide bonds. The molecule has 0 spiro atoms. The summed E-state index contributed by atoms with van der Waals surface area (Å²) in [7, 11) is 0. The molecular weight excluding hydrogens is 382 g/mol. The summed E-state index contributed by atoms with van der Waals surface area (Å²) >= 11 is 1.41. The van der Waals surface area contributed by atoms with Gasteiger partial charge in [0.15, 0.2) is 0 Å². The van der Waals surface area contributed by atoms with Crippen molar-refractivity contribution in [3.8, 4) is 0 Å². The number of imidazole rings is 1. The molecule has 2 aromatic rings. The van der Waals surface area contributed by atoms with Crippen LogP contribution in [0.4, 0.5) is 5.69 Å². The summed E-state index contributed by atoms with van der Waals surface area (Å²) in [5, 5.41) is 11.8. The maximum Gasteiger partial charge on any atom is 0.302 e. The van der Waals surface area contributed by atoms with Crippen molar-refractivity contribution in [1.29, 1.82) is 0 Å². The minimum Gasteiger partial charge on any atom is -0.463 e. The van der Waals surface area contributed by atoms with Crippen LogP contribution in [0.2, 0.25) is 0 Å². The Balaban J connectivity index is 2.18. The lowest BCUT2D eigenvalue weighted by Crippen LogP contribution is -2.12. The van der Waals surface area contributed by atoms with E-state index in [-0.39, 0.29) is 36.9 Å². The van der Waals surface area contributed by atoms with E-state index in [2.05, 4.69) is 4.98 Å². The summed E-state index contributed by atoms with van der Waals surface area (Å²) < 4.78 is 10.7. The Morgan fingerprint density at radius 1 is 1.36 bits per heavy atom. The number of esters is 1. The van der Waals surface area contributed by atoms with E-state index in [4.69, 9.17) is 14.5 Å². The van der Waals surface area contributed by atoms with Gasteiger partial charge in [-0.15, -0.1) is 0 Å². The van der Waals surface area contributed by atoms with Crippen molar-refractivity contribution in [2.75, 3.05) is 13.2 Å². The van der Waals surface area contributed by atoms with Crippen LogP contribution in [0.5, 0.6) is 0 Å². The van der Waals surface area contributed by atoms with Crippen LogP contribution in [0.25, 0.3) is 0 Å². The Bertz CT molecular complexity index is 822. The standard InChI is InChI=1S/C19H25N3O5S/c1-5-16(27-10-9-26-13(4)23)18-20-17(12(2)3)19(21-18)28-15-8-6-7-14(11-15)22(24)25/h6-8,11-12,16H,5,9-10H2,1-4H3,(H,20,21). The number of carbonyl (C=O) groups excluding carboxylic acids is 1. The summed E-state index contributed by atoms with van der Waals surface area (Å²) in [6.07, 6.45) is 0.444. The van der Waals surface area contributed by atoms with Crippen LogP contribution in [0, 0.1) is 10.1 Å². The smallest absolute Gasteiger partial charge is 0.302 e. The summed E-state index contributed by atoms with van der Waals surface area (Å²) in [5.41, 5.74) is 0.935. The number of non-ortho nitro benzene ring substituents is 1. The number of ether oxygens (including phenoxy) is 2. The van der Waals surface area contributed by atoms with Gasteiger partial charge in [-0.1, -0.05) is 38.6 Å². The monoisotopic (exact) mass is 407 g/mol. The third-order valence-corrected chi connectivity index (χ3v) is 4.90. The molecule has 1 atom stereocenters. The van der Waals surface area contributed by atoms with Crippen molar-refractivity contribution in [2.24, 2.45) is 0 Å². The summed E-state index contributed by atoms with van der Waals surface area (Å²) in [5.74, 6) is 0.527. The number of rotatable bonds is 10. The lowest BCUT2D eigenvalue weighted by atomic mass is 10.1. The number of hydrogen-bond donors (Lipinski definition) is 1. The molecule has 28 heavy (non-hydrogen) atoms. The number of H-pyrrole nitrogens is 1. The van der Waals surface area contributed by atoms with Gasteiger partial charge in [0.05, 0.1) is 17.2 Å². The minimum absolute atomic E-state index is 0.0519. The maximum atomic E-state index is 11.0. The number of carbonyl (C=O) groups is 1. The van der Waals surface area contributed by atoms with E-state index in [9.17, 15) is 14.9 Å². The largest absolute Gasteiger partial charge is 0.463 e. The summed E-state index contributed by atoms with van der Waals surface area (Å²) in [6, 6.07) is 6.51. The van der Waals surface area contributed by atoms with E-state index in [1.165, 1.54) is 24.8 Å². The molecule has 0 fully saturated rings. The highest BCUT2D eigenvalue weighted by atomic mass is 32.2. The average molecular weight is 407 g/mol. The molecule has 8 nitrogen and oxygen atoms in total. The van der Waals surface area contributed by atoms with Gasteiger partial charge in [0.25, 0.3) is 5.69 Å². The number of nitro groups is 1. The molecule has 0 radical (unpaired) electrons. The first-order chi connectivity index (χ1) is 13.3. The number of aromatic nitrogens is 2. The molecule has 1 aromatic heterocycles. The zero-order valence-electron chi connectivity index (χ0n) is 16.4. The second-order valence-corrected chi connectivity index (χ2v) is 7.54. The topological polar surface area (TPSA) is 107 Å². The zero-order chi connectivity index (χ0) is 20.7. The Labute approximate surface area is 168 Å². The number of nitrogens with zero attached hydrogens (tertiary/aromatic N) is 2. The van der Waals surface area contributed by atoms with Crippen molar-refractivity contribution in [2.45, 2.75) is 56.1 Å². The van der Waals surface area contributed by atoms with Gasteiger partial charge in [-0.3, -0.25) is 14.9 Å². The Morgan fingerprint density at radius 3 is 2.71 bits per heavy atom. The van der Waals surface area contributed by atoms with Crippen LogP contribution in [0.1, 0.15) is 57.7 Å². The molecule has 1 N–H and O–H groups in total. The highest BCUT2D eigenvalue weighted by Gasteiger charge is 2.21. The van der Waals surface area contributed by atoms with Gasteiger partial charge in [-0.2, -0.15) is 0 Å². The van der Waals surface area contributed by atoms with Gasteiger partial charge in [0, 0.05) is 24.0 Å². The molecule has 1 heterocycles. The molecule has 0 aliphatic rings. The second kappa shape index (κ2) is 10.2. The predicted molar refractivity (Wildman–Crippen MR) is 106 cm³/mol. The molecule has 2 rings (SSSR count). The van der Waals surface area contributed by atoms with Crippen LogP contribution < -0.4 is 0 Å². The molecule has 1 unspecified atom stereocenters. The second-order valence-electron chi connectivity index (χ2n) is 6.46. The molecule has 0 aliphatic heterocycles. The first kappa shape index (κ1) is 21.9. The van der Waals surface area contributed by atoms with E-state index < -0.39 is 4.92 Å². The van der Waals surface area contributed by atoms with Crippen molar-refractivity contribution in [1.82, 2.24) is 9.97 Å². The number of nitro benzene ring substituents is 1. The maximum absolute atomic E-state index is 11.0. The third-order valence-electron chi connectivity index (χ3n) is 3.89. The van der Waals surface area contributed by atoms with E-state index >= 15 is 0 Å². The van der Waals surface area contributed by atoms with E-state index in [0.29, 0.717) is 12.2 Å². The van der Waals surface area contributed by atoms with Crippen LogP contribution in [-0.2, 0) is 14.3 Å². The van der Waals surface area contributed by atoms with E-state index in [1.54, 1.807) is 12.1 Å². The number of nitrogens with one attached hydrogen (secondary N) is 1. The van der Waals surface area contributed by atoms with Crippen LogP contribution in [-0.4, -0.2) is 34.1 Å². The quantitative estimate of drug-likeness (QED) is 0.265. The molecule has 0 bridgehead atoms. The number of aromatic amines is 1.